The summed E-state index contributed by atoms with van der Waals surface area (Å²) >= 11 is 0. The van der Waals surface area contributed by atoms with Crippen LogP contribution in [0.15, 0.2) is 18.2 Å². The van der Waals surface area contributed by atoms with E-state index in [1.807, 2.05) is 0 Å². The van der Waals surface area contributed by atoms with Gasteiger partial charge in [-0.15, -0.1) is 0 Å². The second kappa shape index (κ2) is 5.92. The summed E-state index contributed by atoms with van der Waals surface area (Å²) in [5, 5.41) is 2.36. The Balaban J connectivity index is 2.64. The topological polar surface area (TPSA) is 75.3 Å². The zero-order valence-corrected chi connectivity index (χ0v) is 11.0. The first kappa shape index (κ1) is 14.6. The molecular weight excluding hydrogens is 259 g/mol. The molecule has 0 fully saturated rings. The molecule has 0 saturated heterocycles. The number of benzene rings is 1. The van der Waals surface area contributed by atoms with Gasteiger partial charge in [0.05, 0.1) is 11.3 Å². The van der Waals surface area contributed by atoms with Gasteiger partial charge in [0, 0.05) is 6.54 Å². The molecule has 100 valence electrons. The molecule has 0 bridgehead atoms. The van der Waals surface area contributed by atoms with E-state index in [1.54, 1.807) is 19.1 Å². The van der Waals surface area contributed by atoms with Crippen LogP contribution in [0.4, 0.5) is 4.39 Å². The van der Waals surface area contributed by atoms with Crippen LogP contribution >= 0.6 is 0 Å². The van der Waals surface area contributed by atoms with Crippen molar-refractivity contribution >= 4 is 15.9 Å². The lowest BCUT2D eigenvalue weighted by atomic mass is 10.1. The molecule has 0 aliphatic rings. The summed E-state index contributed by atoms with van der Waals surface area (Å²) < 4.78 is 37.9. The van der Waals surface area contributed by atoms with Crippen LogP contribution in [0.3, 0.4) is 0 Å². The zero-order valence-electron chi connectivity index (χ0n) is 10.2. The largest absolute Gasteiger partial charge is 0.351 e. The molecule has 1 amide bonds. The number of carbonyl (C=O) groups is 1. The number of rotatable bonds is 5. The van der Waals surface area contributed by atoms with Crippen molar-refractivity contribution in [3.05, 3.63) is 35.1 Å². The number of carbonyl (C=O) groups excluding carboxylic acids is 1. The van der Waals surface area contributed by atoms with Crippen molar-refractivity contribution in [1.82, 2.24) is 10.0 Å². The number of hydrogen-bond donors (Lipinski definition) is 2. The Labute approximate surface area is 105 Å². The molecule has 0 unspecified atom stereocenters. The third kappa shape index (κ3) is 3.78. The number of hydrogen-bond acceptors (Lipinski definition) is 3. The van der Waals surface area contributed by atoms with Crippen LogP contribution in [0, 0.1) is 12.7 Å². The maximum Gasteiger partial charge on any atom is 0.254 e. The average Bonchev–Trinajstić information content (AvgIpc) is 2.32. The summed E-state index contributed by atoms with van der Waals surface area (Å²) in [5.41, 5.74) is 0.280. The van der Waals surface area contributed by atoms with Crippen LogP contribution in [-0.2, 0) is 10.0 Å². The molecule has 1 aromatic carbocycles. The van der Waals surface area contributed by atoms with E-state index in [9.17, 15) is 17.6 Å². The van der Waals surface area contributed by atoms with Crippen LogP contribution in [0.1, 0.15) is 15.9 Å². The van der Waals surface area contributed by atoms with Crippen molar-refractivity contribution in [3.63, 3.8) is 0 Å². The molecule has 0 aromatic heterocycles. The minimum absolute atomic E-state index is 0.0740. The fourth-order valence-electron chi connectivity index (χ4n) is 1.32. The molecular formula is C11H15FN2O3S. The van der Waals surface area contributed by atoms with Crippen molar-refractivity contribution in [2.45, 2.75) is 6.92 Å². The molecule has 18 heavy (non-hydrogen) atoms. The molecule has 0 atom stereocenters. The summed E-state index contributed by atoms with van der Waals surface area (Å²) in [7, 11) is -2.09. The van der Waals surface area contributed by atoms with Gasteiger partial charge in [-0.05, 0) is 25.6 Å². The van der Waals surface area contributed by atoms with Crippen molar-refractivity contribution in [1.29, 1.82) is 0 Å². The summed E-state index contributed by atoms with van der Waals surface area (Å²) in [5.74, 6) is -1.46. The van der Waals surface area contributed by atoms with Crippen LogP contribution < -0.4 is 10.0 Å². The Morgan fingerprint density at radius 1 is 1.39 bits per heavy atom. The summed E-state index contributed by atoms with van der Waals surface area (Å²) in [6, 6.07) is 4.47. The third-order valence-electron chi connectivity index (χ3n) is 2.40. The SMILES string of the molecule is CNS(=O)(=O)CCNC(=O)c1cccc(C)c1F. The van der Waals surface area contributed by atoms with Crippen molar-refractivity contribution < 1.29 is 17.6 Å². The Bertz CT molecular complexity index is 543. The van der Waals surface area contributed by atoms with Crippen LogP contribution in [0.5, 0.6) is 0 Å². The standard InChI is InChI=1S/C11H15FN2O3S/c1-8-4-3-5-9(10(8)12)11(15)14-6-7-18(16,17)13-2/h3-5,13H,6-7H2,1-2H3,(H,14,15). The second-order valence-electron chi connectivity index (χ2n) is 3.72. The maximum atomic E-state index is 13.6. The number of nitrogens with one attached hydrogen (secondary N) is 2. The fraction of sp³-hybridized carbons (Fsp3) is 0.364. The molecule has 1 aromatic rings. The van der Waals surface area contributed by atoms with Crippen molar-refractivity contribution in [2.24, 2.45) is 0 Å². The van der Waals surface area contributed by atoms with Gasteiger partial charge in [0.25, 0.3) is 5.91 Å². The van der Waals surface area contributed by atoms with Crippen LogP contribution in [0.25, 0.3) is 0 Å². The van der Waals surface area contributed by atoms with Crippen LogP contribution in [0.2, 0.25) is 0 Å². The smallest absolute Gasteiger partial charge is 0.254 e. The van der Waals surface area contributed by atoms with Gasteiger partial charge in [0.15, 0.2) is 0 Å². The van der Waals surface area contributed by atoms with E-state index >= 15 is 0 Å². The quantitative estimate of drug-likeness (QED) is 0.816. The van der Waals surface area contributed by atoms with E-state index in [-0.39, 0.29) is 17.9 Å². The highest BCUT2D eigenvalue weighted by molar-refractivity contribution is 7.89. The zero-order chi connectivity index (χ0) is 13.8. The molecule has 5 nitrogen and oxygen atoms in total. The lowest BCUT2D eigenvalue weighted by Gasteiger charge is -2.07. The Morgan fingerprint density at radius 3 is 2.67 bits per heavy atom. The lowest BCUT2D eigenvalue weighted by Crippen LogP contribution is -2.33. The van der Waals surface area contributed by atoms with Crippen molar-refractivity contribution in [3.8, 4) is 0 Å². The molecule has 0 spiro atoms. The lowest BCUT2D eigenvalue weighted by molar-refractivity contribution is 0.0952. The predicted molar refractivity (Wildman–Crippen MR) is 66.3 cm³/mol. The summed E-state index contributed by atoms with van der Waals surface area (Å²) in [6.45, 7) is 1.48. The first-order valence-electron chi connectivity index (χ1n) is 5.32. The minimum Gasteiger partial charge on any atom is -0.351 e. The van der Waals surface area contributed by atoms with E-state index in [0.717, 1.165) is 0 Å². The van der Waals surface area contributed by atoms with E-state index < -0.39 is 21.7 Å². The Kier molecular flexibility index (Phi) is 4.80. The molecule has 1 rings (SSSR count). The maximum absolute atomic E-state index is 13.6. The first-order valence-corrected chi connectivity index (χ1v) is 6.97. The van der Waals surface area contributed by atoms with Crippen LogP contribution in [-0.4, -0.2) is 33.7 Å². The molecule has 7 heteroatoms. The number of aryl methyl sites for hydroxylation is 1. The highest BCUT2D eigenvalue weighted by Gasteiger charge is 2.14. The normalized spacial score (nSPS) is 11.3. The Morgan fingerprint density at radius 2 is 2.06 bits per heavy atom. The van der Waals surface area contributed by atoms with Gasteiger partial charge in [-0.2, -0.15) is 0 Å². The van der Waals surface area contributed by atoms with Gasteiger partial charge < -0.3 is 5.32 Å². The highest BCUT2D eigenvalue weighted by atomic mass is 32.2. The molecule has 0 heterocycles. The van der Waals surface area contributed by atoms with Gasteiger partial charge in [-0.3, -0.25) is 4.79 Å². The van der Waals surface area contributed by atoms with E-state index in [1.165, 1.54) is 13.1 Å². The minimum atomic E-state index is -3.37. The number of sulfonamides is 1. The van der Waals surface area contributed by atoms with Crippen molar-refractivity contribution in [2.75, 3.05) is 19.3 Å². The predicted octanol–water partition coefficient (Wildman–Crippen LogP) is 0.413. The van der Waals surface area contributed by atoms with E-state index in [4.69, 9.17) is 0 Å². The molecule has 0 aliphatic heterocycles. The Hall–Kier alpha value is -1.47. The van der Waals surface area contributed by atoms with Gasteiger partial charge in [0.1, 0.15) is 5.82 Å². The second-order valence-corrected chi connectivity index (χ2v) is 5.76. The van der Waals surface area contributed by atoms with Gasteiger partial charge in [-0.25, -0.2) is 17.5 Å². The summed E-state index contributed by atoms with van der Waals surface area (Å²) in [4.78, 5) is 11.6. The monoisotopic (exact) mass is 274 g/mol. The van der Waals surface area contributed by atoms with Gasteiger partial charge in [0.2, 0.25) is 10.0 Å². The van der Waals surface area contributed by atoms with Gasteiger partial charge >= 0.3 is 0 Å². The molecule has 0 aliphatic carbocycles. The summed E-state index contributed by atoms with van der Waals surface area (Å²) in [6.07, 6.45) is 0. The van der Waals surface area contributed by atoms with E-state index in [0.29, 0.717) is 5.56 Å². The van der Waals surface area contributed by atoms with E-state index in [2.05, 4.69) is 10.0 Å². The fourth-order valence-corrected chi connectivity index (χ4v) is 1.89. The third-order valence-corrected chi connectivity index (χ3v) is 3.77. The first-order chi connectivity index (χ1) is 8.37. The average molecular weight is 274 g/mol. The molecule has 0 saturated carbocycles. The molecule has 2 N–H and O–H groups in total. The highest BCUT2D eigenvalue weighted by Crippen LogP contribution is 2.11. The van der Waals surface area contributed by atoms with Gasteiger partial charge in [-0.1, -0.05) is 12.1 Å². The number of amides is 1. The molecule has 0 radical (unpaired) electrons. The number of halogens is 1.